The van der Waals surface area contributed by atoms with Crippen LogP contribution in [0.15, 0.2) is 18.2 Å². The first-order chi connectivity index (χ1) is 9.09. The van der Waals surface area contributed by atoms with Gasteiger partial charge >= 0.3 is 6.18 Å². The number of hydrogen-bond acceptors (Lipinski definition) is 1. The number of likely N-dealkylation sites (tertiary alicyclic amines) is 1. The summed E-state index contributed by atoms with van der Waals surface area (Å²) in [7, 11) is 1.82. The fraction of sp³-hybridized carbons (Fsp3) is 0.538. The highest BCUT2D eigenvalue weighted by Gasteiger charge is 2.40. The number of hydrogen-bond donors (Lipinski definition) is 0. The van der Waals surface area contributed by atoms with Gasteiger partial charge in [-0.15, -0.1) is 0 Å². The maximum atomic E-state index is 14.0. The van der Waals surface area contributed by atoms with Crippen molar-refractivity contribution in [2.75, 3.05) is 20.1 Å². The van der Waals surface area contributed by atoms with Crippen LogP contribution in [0.3, 0.4) is 0 Å². The standard InChI is InChI=1S/C13H13ClF5N/c1-20-6-8(7-20)5-12(15,16)9-2-3-10(11(14)4-9)13(17,18)19/h2-4,8H,5-7H2,1H3. The monoisotopic (exact) mass is 313 g/mol. The summed E-state index contributed by atoms with van der Waals surface area (Å²) in [5.74, 6) is -3.31. The van der Waals surface area contributed by atoms with E-state index in [-0.39, 0.29) is 12.3 Å². The maximum absolute atomic E-state index is 14.0. The number of alkyl halides is 5. The molecule has 0 aromatic heterocycles. The Bertz CT molecular complexity index is 494. The Morgan fingerprint density at radius 1 is 1.20 bits per heavy atom. The van der Waals surface area contributed by atoms with Crippen molar-refractivity contribution in [1.82, 2.24) is 4.90 Å². The summed E-state index contributed by atoms with van der Waals surface area (Å²) in [6.07, 6.45) is -5.01. The van der Waals surface area contributed by atoms with E-state index in [4.69, 9.17) is 11.6 Å². The van der Waals surface area contributed by atoms with Crippen LogP contribution >= 0.6 is 11.6 Å². The molecular weight excluding hydrogens is 301 g/mol. The largest absolute Gasteiger partial charge is 0.417 e. The first-order valence-electron chi connectivity index (χ1n) is 6.03. The molecule has 1 fully saturated rings. The summed E-state index contributed by atoms with van der Waals surface area (Å²) in [5, 5.41) is -0.694. The van der Waals surface area contributed by atoms with E-state index in [1.165, 1.54) is 0 Å². The molecule has 1 aromatic rings. The third-order valence-corrected chi connectivity index (χ3v) is 3.69. The highest BCUT2D eigenvalue weighted by molar-refractivity contribution is 6.31. The molecule has 0 saturated carbocycles. The molecule has 20 heavy (non-hydrogen) atoms. The van der Waals surface area contributed by atoms with E-state index in [1.807, 2.05) is 11.9 Å². The van der Waals surface area contributed by atoms with Crippen molar-refractivity contribution in [3.63, 3.8) is 0 Å². The average Bonchev–Trinajstić information content (AvgIpc) is 2.24. The van der Waals surface area contributed by atoms with E-state index >= 15 is 0 Å². The van der Waals surface area contributed by atoms with Gasteiger partial charge in [-0.3, -0.25) is 0 Å². The molecule has 112 valence electrons. The van der Waals surface area contributed by atoms with Crippen LogP contribution in [0, 0.1) is 5.92 Å². The lowest BCUT2D eigenvalue weighted by molar-refractivity contribution is -0.137. The quantitative estimate of drug-likeness (QED) is 0.748. The van der Waals surface area contributed by atoms with Crippen LogP contribution in [0.1, 0.15) is 17.5 Å². The van der Waals surface area contributed by atoms with Crippen LogP contribution in [0.2, 0.25) is 5.02 Å². The molecule has 0 bridgehead atoms. The second-order valence-electron chi connectivity index (χ2n) is 5.19. The molecule has 1 aliphatic heterocycles. The van der Waals surface area contributed by atoms with Crippen molar-refractivity contribution in [3.8, 4) is 0 Å². The Morgan fingerprint density at radius 3 is 2.25 bits per heavy atom. The number of nitrogens with zero attached hydrogens (tertiary/aromatic N) is 1. The van der Waals surface area contributed by atoms with Crippen LogP contribution in [0.5, 0.6) is 0 Å². The fourth-order valence-electron chi connectivity index (χ4n) is 2.41. The SMILES string of the molecule is CN1CC(CC(F)(F)c2ccc(C(F)(F)F)c(Cl)c2)C1. The second-order valence-corrected chi connectivity index (χ2v) is 5.60. The Kier molecular flexibility index (Phi) is 3.99. The Labute approximate surface area is 118 Å². The Balaban J connectivity index is 2.17. The van der Waals surface area contributed by atoms with Gasteiger partial charge in [-0.25, -0.2) is 8.78 Å². The molecule has 1 saturated heterocycles. The first kappa shape index (κ1) is 15.5. The van der Waals surface area contributed by atoms with Gasteiger partial charge in [0.15, 0.2) is 0 Å². The van der Waals surface area contributed by atoms with Gasteiger partial charge in [-0.05, 0) is 25.1 Å². The molecule has 0 unspecified atom stereocenters. The highest BCUT2D eigenvalue weighted by atomic mass is 35.5. The minimum Gasteiger partial charge on any atom is -0.306 e. The molecule has 7 heteroatoms. The number of halogens is 6. The molecule has 0 amide bonds. The zero-order valence-corrected chi connectivity index (χ0v) is 11.4. The van der Waals surface area contributed by atoms with Crippen LogP contribution in [0.4, 0.5) is 22.0 Å². The number of rotatable bonds is 3. The van der Waals surface area contributed by atoms with Crippen molar-refractivity contribution >= 4 is 11.6 Å². The zero-order valence-electron chi connectivity index (χ0n) is 10.6. The highest BCUT2D eigenvalue weighted by Crippen LogP contribution is 2.41. The summed E-state index contributed by atoms with van der Waals surface area (Å²) < 4.78 is 65.6. The van der Waals surface area contributed by atoms with Crippen molar-refractivity contribution in [3.05, 3.63) is 34.3 Å². The summed E-state index contributed by atoms with van der Waals surface area (Å²) in [5.41, 5.74) is -1.56. The van der Waals surface area contributed by atoms with Gasteiger partial charge in [0, 0.05) is 25.1 Å². The van der Waals surface area contributed by atoms with E-state index in [0.29, 0.717) is 25.2 Å². The van der Waals surface area contributed by atoms with Gasteiger partial charge in [0.2, 0.25) is 0 Å². The lowest BCUT2D eigenvalue weighted by atomic mass is 9.90. The zero-order chi connectivity index (χ0) is 15.1. The summed E-state index contributed by atoms with van der Waals surface area (Å²) in [6.45, 7) is 1.15. The first-order valence-corrected chi connectivity index (χ1v) is 6.41. The summed E-state index contributed by atoms with van der Waals surface area (Å²) >= 11 is 5.47. The van der Waals surface area contributed by atoms with E-state index < -0.39 is 28.2 Å². The van der Waals surface area contributed by atoms with E-state index in [0.717, 1.165) is 6.07 Å². The molecule has 0 N–H and O–H groups in total. The van der Waals surface area contributed by atoms with E-state index in [1.54, 1.807) is 0 Å². The normalized spacial score (nSPS) is 18.1. The molecule has 0 radical (unpaired) electrons. The smallest absolute Gasteiger partial charge is 0.306 e. The molecule has 1 heterocycles. The van der Waals surface area contributed by atoms with Gasteiger partial charge in [-0.2, -0.15) is 13.2 Å². The van der Waals surface area contributed by atoms with Crippen molar-refractivity contribution in [2.45, 2.75) is 18.5 Å². The van der Waals surface area contributed by atoms with Gasteiger partial charge in [0.1, 0.15) is 0 Å². The Hall–Kier alpha value is -0.880. The van der Waals surface area contributed by atoms with Crippen molar-refractivity contribution < 1.29 is 22.0 Å². The van der Waals surface area contributed by atoms with Crippen LogP contribution < -0.4 is 0 Å². The maximum Gasteiger partial charge on any atom is 0.417 e. The van der Waals surface area contributed by atoms with Crippen LogP contribution in [0.25, 0.3) is 0 Å². The van der Waals surface area contributed by atoms with Crippen molar-refractivity contribution in [2.24, 2.45) is 5.92 Å². The Morgan fingerprint density at radius 2 is 1.80 bits per heavy atom. The third kappa shape index (κ3) is 3.23. The van der Waals surface area contributed by atoms with Crippen molar-refractivity contribution in [1.29, 1.82) is 0 Å². The van der Waals surface area contributed by atoms with Gasteiger partial charge in [0.05, 0.1) is 10.6 Å². The predicted octanol–water partition coefficient (Wildman–Crippen LogP) is 4.40. The molecule has 0 atom stereocenters. The molecule has 0 spiro atoms. The topological polar surface area (TPSA) is 3.24 Å². The summed E-state index contributed by atoms with van der Waals surface area (Å²) in [6, 6.07) is 2.13. The summed E-state index contributed by atoms with van der Waals surface area (Å²) in [4.78, 5) is 1.90. The van der Waals surface area contributed by atoms with Crippen LogP contribution in [-0.2, 0) is 12.1 Å². The van der Waals surface area contributed by atoms with E-state index in [9.17, 15) is 22.0 Å². The van der Waals surface area contributed by atoms with Crippen LogP contribution in [-0.4, -0.2) is 25.0 Å². The van der Waals surface area contributed by atoms with Gasteiger partial charge < -0.3 is 4.90 Å². The predicted molar refractivity (Wildman–Crippen MR) is 66.0 cm³/mol. The van der Waals surface area contributed by atoms with Gasteiger partial charge in [0.25, 0.3) is 5.92 Å². The fourth-order valence-corrected chi connectivity index (χ4v) is 2.70. The average molecular weight is 314 g/mol. The van der Waals surface area contributed by atoms with Gasteiger partial charge in [-0.1, -0.05) is 17.7 Å². The second kappa shape index (κ2) is 5.15. The number of benzene rings is 1. The molecule has 2 rings (SSSR count). The van der Waals surface area contributed by atoms with E-state index in [2.05, 4.69) is 0 Å². The third-order valence-electron chi connectivity index (χ3n) is 3.38. The lowest BCUT2D eigenvalue weighted by Crippen LogP contribution is -2.45. The molecule has 1 aliphatic rings. The molecule has 0 aliphatic carbocycles. The molecule has 1 aromatic carbocycles. The minimum atomic E-state index is -4.64. The molecule has 1 nitrogen and oxygen atoms in total. The minimum absolute atomic E-state index is 0.143. The molecular formula is C13H13ClF5N. The lowest BCUT2D eigenvalue weighted by Gasteiger charge is -2.38.